The van der Waals surface area contributed by atoms with Gasteiger partial charge in [-0.2, -0.15) is 4.98 Å². The molecule has 0 atom stereocenters. The summed E-state index contributed by atoms with van der Waals surface area (Å²) in [4.78, 5) is 34.6. The Balaban J connectivity index is 2.53. The molecule has 0 fully saturated rings. The van der Waals surface area contributed by atoms with Crippen LogP contribution in [0.2, 0.25) is 0 Å². The average molecular weight is 353 g/mol. The van der Waals surface area contributed by atoms with Crippen molar-refractivity contribution in [2.24, 2.45) is 0 Å². The molecule has 0 aliphatic heterocycles. The molecule has 0 spiro atoms. The molecule has 0 saturated carbocycles. The van der Waals surface area contributed by atoms with Crippen LogP contribution >= 0.6 is 11.3 Å². The fourth-order valence-electron chi connectivity index (χ4n) is 2.32. The summed E-state index contributed by atoms with van der Waals surface area (Å²) in [5.74, 6) is -0.555. The van der Waals surface area contributed by atoms with Crippen LogP contribution in [-0.2, 0) is 16.1 Å². The van der Waals surface area contributed by atoms with Crippen molar-refractivity contribution in [1.82, 2.24) is 14.9 Å². The lowest BCUT2D eigenvalue weighted by Crippen LogP contribution is -2.35. The molecule has 2 aromatic heterocycles. The lowest BCUT2D eigenvalue weighted by molar-refractivity contribution is -0.137. The Morgan fingerprint density at radius 1 is 1.29 bits per heavy atom. The fourth-order valence-corrected chi connectivity index (χ4v) is 3.48. The molecular weight excluding hydrogens is 334 g/mol. The molecule has 0 aliphatic carbocycles. The fraction of sp³-hybridized carbons (Fsp3) is 0.467. The Bertz CT molecular complexity index is 774. The number of likely N-dealkylation sites (N-methyl/N-ethyl adjacent to an activating group) is 1. The van der Waals surface area contributed by atoms with Crippen LogP contribution in [0.15, 0.2) is 0 Å². The van der Waals surface area contributed by atoms with Gasteiger partial charge in [0, 0.05) is 13.7 Å². The normalized spacial score (nSPS) is 10.8. The molecule has 0 bridgehead atoms. The first-order valence-corrected chi connectivity index (χ1v) is 8.08. The van der Waals surface area contributed by atoms with Gasteiger partial charge in [0.15, 0.2) is 5.82 Å². The number of hydrogen-bond acceptors (Lipinski definition) is 7. The molecule has 130 valence electrons. The predicted octanol–water partition coefficient (Wildman–Crippen LogP) is 1.70. The topological polar surface area (TPSA) is 102 Å². The minimum absolute atomic E-state index is 0.229. The first-order chi connectivity index (χ1) is 11.4. The van der Waals surface area contributed by atoms with Gasteiger partial charge >= 0.3 is 5.97 Å². The van der Waals surface area contributed by atoms with E-state index in [4.69, 9.17) is 14.6 Å². The zero-order valence-electron chi connectivity index (χ0n) is 14.0. The second-order valence-corrected chi connectivity index (χ2v) is 6.03. The van der Waals surface area contributed by atoms with E-state index in [9.17, 15) is 9.59 Å². The number of carboxylic acids is 1. The molecule has 8 nitrogen and oxygen atoms in total. The summed E-state index contributed by atoms with van der Waals surface area (Å²) in [6.45, 7) is 3.70. The Morgan fingerprint density at radius 3 is 2.54 bits per heavy atom. The summed E-state index contributed by atoms with van der Waals surface area (Å²) in [6, 6.07) is 0. The highest BCUT2D eigenvalue weighted by atomic mass is 32.1. The molecule has 0 saturated heterocycles. The number of rotatable bonds is 7. The maximum absolute atomic E-state index is 12.7. The monoisotopic (exact) mass is 353 g/mol. The first-order valence-electron chi connectivity index (χ1n) is 7.26. The third kappa shape index (κ3) is 3.46. The van der Waals surface area contributed by atoms with Crippen molar-refractivity contribution in [1.29, 1.82) is 0 Å². The number of hydrogen-bond donors (Lipinski definition) is 1. The molecule has 2 heterocycles. The van der Waals surface area contributed by atoms with Gasteiger partial charge in [0.25, 0.3) is 5.91 Å². The zero-order chi connectivity index (χ0) is 17.9. The highest BCUT2D eigenvalue weighted by Crippen LogP contribution is 2.35. The molecule has 24 heavy (non-hydrogen) atoms. The third-order valence-electron chi connectivity index (χ3n) is 3.46. The molecule has 0 unspecified atom stereocenters. The zero-order valence-corrected chi connectivity index (χ0v) is 14.8. The Labute approximate surface area is 143 Å². The van der Waals surface area contributed by atoms with Crippen molar-refractivity contribution in [3.63, 3.8) is 0 Å². The standard InChI is InChI=1S/C15H19N3O5S/c1-5-18(6-10(19)20)15(21)12-8(2)11-13(23-4)16-9(7-22-3)17-14(11)24-12/h5-7H2,1-4H3,(H,19,20). The summed E-state index contributed by atoms with van der Waals surface area (Å²) in [5, 5.41) is 9.61. The van der Waals surface area contributed by atoms with Crippen LogP contribution in [0.3, 0.4) is 0 Å². The molecule has 2 aromatic rings. The first kappa shape index (κ1) is 18.1. The van der Waals surface area contributed by atoms with Gasteiger partial charge in [0.2, 0.25) is 5.88 Å². The van der Waals surface area contributed by atoms with Crippen molar-refractivity contribution in [3.05, 3.63) is 16.3 Å². The van der Waals surface area contributed by atoms with Gasteiger partial charge in [-0.1, -0.05) is 0 Å². The van der Waals surface area contributed by atoms with E-state index in [-0.39, 0.29) is 19.1 Å². The number of aromatic nitrogens is 2. The Morgan fingerprint density at radius 2 is 2.00 bits per heavy atom. The van der Waals surface area contributed by atoms with Crippen LogP contribution in [0.4, 0.5) is 0 Å². The quantitative estimate of drug-likeness (QED) is 0.808. The second-order valence-electron chi connectivity index (χ2n) is 5.03. The minimum atomic E-state index is -1.05. The maximum Gasteiger partial charge on any atom is 0.323 e. The molecule has 0 radical (unpaired) electrons. The number of nitrogens with zero attached hydrogens (tertiary/aromatic N) is 3. The van der Waals surface area contributed by atoms with E-state index in [2.05, 4.69) is 9.97 Å². The van der Waals surface area contributed by atoms with E-state index >= 15 is 0 Å². The number of aryl methyl sites for hydroxylation is 1. The van der Waals surface area contributed by atoms with Crippen molar-refractivity contribution in [3.8, 4) is 5.88 Å². The highest BCUT2D eigenvalue weighted by molar-refractivity contribution is 7.20. The van der Waals surface area contributed by atoms with Gasteiger partial charge in [-0.05, 0) is 19.4 Å². The number of thiophene rings is 1. The SMILES string of the molecule is CCN(CC(=O)O)C(=O)c1sc2nc(COC)nc(OC)c2c1C. The lowest BCUT2D eigenvalue weighted by atomic mass is 10.2. The van der Waals surface area contributed by atoms with Crippen LogP contribution in [0.25, 0.3) is 10.2 Å². The smallest absolute Gasteiger partial charge is 0.323 e. The number of methoxy groups -OCH3 is 2. The number of ether oxygens (including phenoxy) is 2. The van der Waals surface area contributed by atoms with Crippen molar-refractivity contribution >= 4 is 33.4 Å². The van der Waals surface area contributed by atoms with Crippen molar-refractivity contribution in [2.75, 3.05) is 27.3 Å². The number of carbonyl (C=O) groups is 2. The molecule has 1 N–H and O–H groups in total. The number of carboxylic acid groups (broad SMARTS) is 1. The molecule has 0 aromatic carbocycles. The van der Waals surface area contributed by atoms with Gasteiger partial charge in [0.1, 0.15) is 18.0 Å². The van der Waals surface area contributed by atoms with Gasteiger partial charge in [0.05, 0.1) is 17.4 Å². The number of amides is 1. The molecule has 2 rings (SSSR count). The summed E-state index contributed by atoms with van der Waals surface area (Å²) >= 11 is 1.20. The number of fused-ring (bicyclic) bond motifs is 1. The molecule has 0 aliphatic rings. The average Bonchev–Trinajstić information content (AvgIpc) is 2.88. The van der Waals surface area contributed by atoms with Crippen LogP contribution < -0.4 is 4.74 Å². The predicted molar refractivity (Wildman–Crippen MR) is 88.6 cm³/mol. The van der Waals surface area contributed by atoms with E-state index in [1.165, 1.54) is 23.3 Å². The van der Waals surface area contributed by atoms with Crippen molar-refractivity contribution in [2.45, 2.75) is 20.5 Å². The Hall–Kier alpha value is -2.26. The van der Waals surface area contributed by atoms with Crippen molar-refractivity contribution < 1.29 is 24.2 Å². The van der Waals surface area contributed by atoms with Gasteiger partial charge in [-0.3, -0.25) is 9.59 Å². The van der Waals surface area contributed by atoms with Gasteiger partial charge in [-0.25, -0.2) is 4.98 Å². The molecule has 1 amide bonds. The Kier molecular flexibility index (Phi) is 5.68. The van der Waals surface area contributed by atoms with E-state index < -0.39 is 5.97 Å². The minimum Gasteiger partial charge on any atom is -0.480 e. The molecule has 9 heteroatoms. The van der Waals surface area contributed by atoms with E-state index in [0.29, 0.717) is 38.9 Å². The van der Waals surface area contributed by atoms with Gasteiger partial charge < -0.3 is 19.5 Å². The lowest BCUT2D eigenvalue weighted by Gasteiger charge is -2.17. The summed E-state index contributed by atoms with van der Waals surface area (Å²) < 4.78 is 10.4. The second kappa shape index (κ2) is 7.54. The van der Waals surface area contributed by atoms with E-state index in [0.717, 1.165) is 0 Å². The molecular formula is C15H19N3O5S. The third-order valence-corrected chi connectivity index (χ3v) is 4.63. The summed E-state index contributed by atoms with van der Waals surface area (Å²) in [6.07, 6.45) is 0. The maximum atomic E-state index is 12.7. The van der Waals surface area contributed by atoms with Crippen LogP contribution in [0.1, 0.15) is 28.0 Å². The number of aliphatic carboxylic acids is 1. The summed E-state index contributed by atoms with van der Waals surface area (Å²) in [5.41, 5.74) is 0.685. The number of carbonyl (C=O) groups excluding carboxylic acids is 1. The summed E-state index contributed by atoms with van der Waals surface area (Å²) in [7, 11) is 3.04. The van der Waals surface area contributed by atoms with Crippen LogP contribution in [-0.4, -0.2) is 59.2 Å². The van der Waals surface area contributed by atoms with E-state index in [1.807, 2.05) is 0 Å². The van der Waals surface area contributed by atoms with Gasteiger partial charge in [-0.15, -0.1) is 11.3 Å². The van der Waals surface area contributed by atoms with Crippen LogP contribution in [0, 0.1) is 6.92 Å². The van der Waals surface area contributed by atoms with E-state index in [1.54, 1.807) is 21.0 Å². The largest absolute Gasteiger partial charge is 0.480 e. The highest BCUT2D eigenvalue weighted by Gasteiger charge is 2.25. The van der Waals surface area contributed by atoms with Crippen LogP contribution in [0.5, 0.6) is 5.88 Å².